The van der Waals surface area contributed by atoms with E-state index in [1.165, 1.54) is 29.0 Å². The highest BCUT2D eigenvalue weighted by Gasteiger charge is 2.58. The number of piperidine rings is 1. The Morgan fingerprint density at radius 2 is 1.64 bits per heavy atom. The molecule has 3 aromatic rings. The lowest BCUT2D eigenvalue weighted by Gasteiger charge is -2.42. The minimum atomic E-state index is -0.864. The van der Waals surface area contributed by atoms with Crippen molar-refractivity contribution in [2.75, 3.05) is 42.5 Å². The van der Waals surface area contributed by atoms with Gasteiger partial charge in [0.1, 0.15) is 5.54 Å². The van der Waals surface area contributed by atoms with E-state index in [2.05, 4.69) is 40.1 Å². The summed E-state index contributed by atoms with van der Waals surface area (Å²) in [4.78, 5) is 35.9. The summed E-state index contributed by atoms with van der Waals surface area (Å²) in [5.74, 6) is -0.187. The highest BCUT2D eigenvalue weighted by Crippen LogP contribution is 2.44. The Kier molecular flexibility index (Phi) is 7.69. The molecule has 3 saturated heterocycles. The number of nitriles is 1. The van der Waals surface area contributed by atoms with Crippen LogP contribution in [0.5, 0.6) is 0 Å². The minimum Gasteiger partial charge on any atom is -0.372 e. The second kappa shape index (κ2) is 11.4. The second-order valence-corrected chi connectivity index (χ2v) is 12.1. The van der Waals surface area contributed by atoms with Crippen molar-refractivity contribution in [2.24, 2.45) is 0 Å². The molecule has 42 heavy (non-hydrogen) atoms. The lowest BCUT2D eigenvalue weighted by molar-refractivity contribution is -0.127. The number of rotatable bonds is 6. The number of hydrogen-bond donors (Lipinski definition) is 0. The molecule has 0 aliphatic carbocycles. The number of halogens is 1. The Morgan fingerprint density at radius 3 is 2.29 bits per heavy atom. The normalized spacial score (nSPS) is 18.8. The number of aryl methyl sites for hydroxylation is 1. The van der Waals surface area contributed by atoms with Gasteiger partial charge in [-0.1, -0.05) is 35.9 Å². The van der Waals surface area contributed by atoms with Crippen LogP contribution in [0.15, 0.2) is 60.7 Å². The number of benzene rings is 3. The molecule has 0 bridgehead atoms. The van der Waals surface area contributed by atoms with Crippen molar-refractivity contribution >= 4 is 34.9 Å². The van der Waals surface area contributed by atoms with Gasteiger partial charge in [0, 0.05) is 45.0 Å². The van der Waals surface area contributed by atoms with Crippen LogP contribution in [-0.2, 0) is 11.3 Å². The molecule has 0 saturated carbocycles. The minimum absolute atomic E-state index is 0.187. The molecule has 3 heterocycles. The monoisotopic (exact) mass is 581 g/mol. The van der Waals surface area contributed by atoms with Gasteiger partial charge in [-0.25, -0.2) is 9.69 Å². The van der Waals surface area contributed by atoms with Crippen LogP contribution in [0.3, 0.4) is 0 Å². The predicted molar refractivity (Wildman–Crippen MR) is 167 cm³/mol. The predicted octanol–water partition coefficient (Wildman–Crippen LogP) is 6.61. The molecule has 0 unspecified atom stereocenters. The zero-order chi connectivity index (χ0) is 29.4. The molecule has 8 heteroatoms. The number of anilines is 2. The van der Waals surface area contributed by atoms with Gasteiger partial charge in [0.15, 0.2) is 0 Å². The van der Waals surface area contributed by atoms with E-state index in [-0.39, 0.29) is 11.9 Å². The Balaban J connectivity index is 1.20. The summed E-state index contributed by atoms with van der Waals surface area (Å²) in [7, 11) is 0. The molecule has 3 aliphatic heterocycles. The van der Waals surface area contributed by atoms with Gasteiger partial charge in [-0.2, -0.15) is 5.26 Å². The van der Waals surface area contributed by atoms with Crippen LogP contribution in [0.25, 0.3) is 11.1 Å². The summed E-state index contributed by atoms with van der Waals surface area (Å²) in [6.07, 6.45) is 3.70. The van der Waals surface area contributed by atoms with E-state index in [1.807, 2.05) is 32.0 Å². The summed E-state index contributed by atoms with van der Waals surface area (Å²) < 4.78 is 0. The van der Waals surface area contributed by atoms with Crippen LogP contribution in [0.2, 0.25) is 5.02 Å². The van der Waals surface area contributed by atoms with Gasteiger partial charge in [0.25, 0.3) is 5.91 Å². The van der Waals surface area contributed by atoms with E-state index in [0.717, 1.165) is 49.4 Å². The molecule has 3 aromatic carbocycles. The van der Waals surface area contributed by atoms with Gasteiger partial charge >= 0.3 is 6.03 Å². The molecular weight excluding hydrogens is 546 g/mol. The Labute approximate surface area is 252 Å². The van der Waals surface area contributed by atoms with E-state index in [9.17, 15) is 14.9 Å². The molecule has 7 nitrogen and oxygen atoms in total. The van der Waals surface area contributed by atoms with Gasteiger partial charge in [-0.3, -0.25) is 9.69 Å². The average molecular weight is 582 g/mol. The van der Waals surface area contributed by atoms with E-state index in [4.69, 9.17) is 11.6 Å². The smallest absolute Gasteiger partial charge is 0.332 e. The zero-order valence-corrected chi connectivity index (χ0v) is 25.0. The van der Waals surface area contributed by atoms with Crippen LogP contribution >= 0.6 is 11.6 Å². The van der Waals surface area contributed by atoms with E-state index >= 15 is 0 Å². The number of likely N-dealkylation sites (tertiary alicyclic amines) is 1. The topological polar surface area (TPSA) is 70.9 Å². The molecule has 216 valence electrons. The van der Waals surface area contributed by atoms with Gasteiger partial charge in [0.2, 0.25) is 0 Å². The summed E-state index contributed by atoms with van der Waals surface area (Å²) in [6.45, 7) is 8.83. The number of hydrogen-bond acceptors (Lipinski definition) is 5. The van der Waals surface area contributed by atoms with Crippen molar-refractivity contribution in [3.05, 3.63) is 82.4 Å². The summed E-state index contributed by atoms with van der Waals surface area (Å²) in [5.41, 5.74) is 5.13. The Morgan fingerprint density at radius 1 is 0.929 bits per heavy atom. The third-order valence-electron chi connectivity index (χ3n) is 9.16. The van der Waals surface area contributed by atoms with Crippen molar-refractivity contribution in [3.8, 4) is 17.2 Å². The SMILES string of the molecule is CCN1C(=O)N(c2c(C)cc(-c3cccc(C#N)c3)cc2Cl)C(=O)C12CCN(Cc1ccc(N3CCCC3)cc1)CC2. The Bertz CT molecular complexity index is 1530. The number of imide groups is 1. The standard InChI is InChI=1S/C34H36ClN5O2/c1-3-39-33(42)40(31-24(2)19-28(21-30(31)35)27-8-6-7-26(20-27)22-36)32(41)34(39)13-17-37(18-14-34)23-25-9-11-29(12-10-25)38-15-4-5-16-38/h6-12,19-21H,3-5,13-18,23H2,1-2H3. The van der Waals surface area contributed by atoms with Gasteiger partial charge in [-0.15, -0.1) is 0 Å². The summed E-state index contributed by atoms with van der Waals surface area (Å²) >= 11 is 6.81. The van der Waals surface area contributed by atoms with E-state index in [1.54, 1.807) is 23.1 Å². The Hall–Kier alpha value is -3.86. The molecule has 6 rings (SSSR count). The summed E-state index contributed by atoms with van der Waals surface area (Å²) in [5, 5.41) is 9.65. The molecule has 3 amide bonds. The van der Waals surface area contributed by atoms with Crippen LogP contribution in [-0.4, -0.2) is 60.0 Å². The first kappa shape index (κ1) is 28.3. The fourth-order valence-electron chi connectivity index (χ4n) is 6.91. The molecule has 3 fully saturated rings. The number of carbonyl (C=O) groups is 2. The quantitative estimate of drug-likeness (QED) is 0.306. The third-order valence-corrected chi connectivity index (χ3v) is 9.44. The maximum Gasteiger partial charge on any atom is 0.332 e. The van der Waals surface area contributed by atoms with Crippen LogP contribution in [0.1, 0.15) is 49.3 Å². The van der Waals surface area contributed by atoms with Gasteiger partial charge in [0.05, 0.1) is 22.3 Å². The molecule has 0 atom stereocenters. The average Bonchev–Trinajstić information content (AvgIpc) is 3.61. The number of urea groups is 1. The van der Waals surface area contributed by atoms with E-state index in [0.29, 0.717) is 35.7 Å². The fraction of sp³-hybridized carbons (Fsp3) is 0.382. The third kappa shape index (κ3) is 4.93. The molecule has 0 N–H and O–H groups in total. The van der Waals surface area contributed by atoms with E-state index < -0.39 is 5.54 Å². The molecule has 0 aromatic heterocycles. The first-order valence-corrected chi connectivity index (χ1v) is 15.3. The van der Waals surface area contributed by atoms with Crippen molar-refractivity contribution in [3.63, 3.8) is 0 Å². The number of amides is 3. The van der Waals surface area contributed by atoms with Gasteiger partial charge in [-0.05, 0) is 98.2 Å². The second-order valence-electron chi connectivity index (χ2n) is 11.7. The largest absolute Gasteiger partial charge is 0.372 e. The fourth-order valence-corrected chi connectivity index (χ4v) is 7.27. The molecule has 0 radical (unpaired) electrons. The number of nitrogens with zero attached hydrogens (tertiary/aromatic N) is 5. The maximum absolute atomic E-state index is 14.2. The first-order chi connectivity index (χ1) is 20.3. The van der Waals surface area contributed by atoms with Crippen LogP contribution < -0.4 is 9.80 Å². The molecule has 1 spiro atoms. The van der Waals surface area contributed by atoms with Crippen LogP contribution in [0, 0.1) is 18.3 Å². The number of carbonyl (C=O) groups excluding carboxylic acids is 2. The van der Waals surface area contributed by atoms with Crippen molar-refractivity contribution in [1.82, 2.24) is 9.80 Å². The highest BCUT2D eigenvalue weighted by molar-refractivity contribution is 6.36. The lowest BCUT2D eigenvalue weighted by atomic mass is 9.85. The number of likely N-dealkylation sites (N-methyl/N-ethyl adjacent to an activating group) is 1. The first-order valence-electron chi connectivity index (χ1n) is 14.9. The lowest BCUT2D eigenvalue weighted by Crippen LogP contribution is -2.56. The molecule has 3 aliphatic rings. The summed E-state index contributed by atoms with van der Waals surface area (Å²) in [6, 6.07) is 21.7. The van der Waals surface area contributed by atoms with Crippen molar-refractivity contribution < 1.29 is 9.59 Å². The maximum atomic E-state index is 14.2. The van der Waals surface area contributed by atoms with Crippen molar-refractivity contribution in [2.45, 2.75) is 51.6 Å². The molecular formula is C34H36ClN5O2. The van der Waals surface area contributed by atoms with Crippen LogP contribution in [0.4, 0.5) is 16.2 Å². The zero-order valence-electron chi connectivity index (χ0n) is 24.3. The highest BCUT2D eigenvalue weighted by atomic mass is 35.5. The van der Waals surface area contributed by atoms with Gasteiger partial charge < -0.3 is 9.80 Å². The van der Waals surface area contributed by atoms with Crippen molar-refractivity contribution in [1.29, 1.82) is 5.26 Å².